The number of halogens is 2. The molecule has 0 saturated carbocycles. The summed E-state index contributed by atoms with van der Waals surface area (Å²) >= 11 is 11.8. The molecule has 4 nitrogen and oxygen atoms in total. The van der Waals surface area contributed by atoms with Gasteiger partial charge in [-0.05, 0) is 48.4 Å². The van der Waals surface area contributed by atoms with Crippen molar-refractivity contribution in [3.63, 3.8) is 0 Å². The molecule has 0 spiro atoms. The van der Waals surface area contributed by atoms with Gasteiger partial charge in [0.15, 0.2) is 0 Å². The third-order valence-electron chi connectivity index (χ3n) is 4.15. The maximum absolute atomic E-state index is 12.3. The lowest BCUT2D eigenvalue weighted by molar-refractivity contribution is -0.117. The lowest BCUT2D eigenvalue weighted by Crippen LogP contribution is -2.29. The van der Waals surface area contributed by atoms with Crippen LogP contribution in [-0.2, 0) is 4.79 Å². The van der Waals surface area contributed by atoms with E-state index < -0.39 is 0 Å². The second-order valence-electron chi connectivity index (χ2n) is 6.00. The van der Waals surface area contributed by atoms with Crippen LogP contribution in [-0.4, -0.2) is 29.7 Å². The van der Waals surface area contributed by atoms with E-state index in [1.54, 1.807) is 24.3 Å². The first-order chi connectivity index (χ1) is 12.0. The summed E-state index contributed by atoms with van der Waals surface area (Å²) in [6.45, 7) is 3.09. The number of amides is 1. The molecule has 1 atom stereocenters. The minimum atomic E-state index is -0.0988. The molecule has 0 radical (unpaired) electrons. The number of hydrazone groups is 1. The van der Waals surface area contributed by atoms with Crippen LogP contribution in [0.15, 0.2) is 53.6 Å². The number of carbonyl (C=O) groups excluding carboxylic acids is 1. The van der Waals surface area contributed by atoms with Gasteiger partial charge in [0.2, 0.25) is 5.91 Å². The molecule has 1 heterocycles. The third kappa shape index (κ3) is 4.53. The Kier molecular flexibility index (Phi) is 5.61. The Hall–Kier alpha value is -2.04. The fourth-order valence-corrected chi connectivity index (χ4v) is 3.10. The highest BCUT2D eigenvalue weighted by atomic mass is 35.5. The molecule has 0 aromatic heterocycles. The highest BCUT2D eigenvalue weighted by molar-refractivity contribution is 6.31. The van der Waals surface area contributed by atoms with E-state index in [4.69, 9.17) is 23.2 Å². The smallest absolute Gasteiger partial charge is 0.245 e. The first-order valence-corrected chi connectivity index (χ1v) is 8.95. The van der Waals surface area contributed by atoms with E-state index in [1.165, 1.54) is 0 Å². The van der Waals surface area contributed by atoms with Crippen molar-refractivity contribution in [3.8, 4) is 0 Å². The molecule has 0 fully saturated rings. The molecule has 1 amide bonds. The van der Waals surface area contributed by atoms with Crippen LogP contribution in [0.2, 0.25) is 10.0 Å². The second-order valence-corrected chi connectivity index (χ2v) is 6.87. The molecular weight excluding hydrogens is 357 g/mol. The van der Waals surface area contributed by atoms with E-state index in [-0.39, 0.29) is 12.5 Å². The zero-order chi connectivity index (χ0) is 17.8. The fraction of sp³-hybridized carbons (Fsp3) is 0.263. The van der Waals surface area contributed by atoms with E-state index >= 15 is 0 Å². The van der Waals surface area contributed by atoms with Crippen molar-refractivity contribution in [1.82, 2.24) is 5.01 Å². The number of benzene rings is 2. The first-order valence-electron chi connectivity index (χ1n) is 8.20. The Labute approximate surface area is 157 Å². The number of carbonyl (C=O) groups is 1. The lowest BCUT2D eigenvalue weighted by atomic mass is 9.95. The molecule has 3 rings (SSSR count). The summed E-state index contributed by atoms with van der Waals surface area (Å²) in [5, 5.41) is 10.7. The molecule has 1 aliphatic rings. The molecule has 0 bridgehead atoms. The van der Waals surface area contributed by atoms with Gasteiger partial charge in [0.25, 0.3) is 0 Å². The van der Waals surface area contributed by atoms with Crippen molar-refractivity contribution in [2.45, 2.75) is 13.3 Å². The van der Waals surface area contributed by atoms with Crippen molar-refractivity contribution in [3.05, 3.63) is 64.1 Å². The minimum Gasteiger partial charge on any atom is -0.324 e. The van der Waals surface area contributed by atoms with Crippen molar-refractivity contribution in [2.24, 2.45) is 11.0 Å². The summed E-state index contributed by atoms with van der Waals surface area (Å²) in [4.78, 5) is 12.3. The molecule has 1 aliphatic heterocycles. The zero-order valence-corrected chi connectivity index (χ0v) is 15.4. The van der Waals surface area contributed by atoms with Crippen LogP contribution in [0.3, 0.4) is 0 Å². The van der Waals surface area contributed by atoms with Crippen LogP contribution < -0.4 is 5.32 Å². The summed E-state index contributed by atoms with van der Waals surface area (Å²) in [6.07, 6.45) is 0.969. The van der Waals surface area contributed by atoms with Gasteiger partial charge in [-0.25, -0.2) is 0 Å². The van der Waals surface area contributed by atoms with Crippen molar-refractivity contribution < 1.29 is 4.79 Å². The van der Waals surface area contributed by atoms with Gasteiger partial charge >= 0.3 is 0 Å². The van der Waals surface area contributed by atoms with Gasteiger partial charge in [0, 0.05) is 28.2 Å². The predicted octanol–water partition coefficient (Wildman–Crippen LogP) is 4.68. The van der Waals surface area contributed by atoms with E-state index in [0.717, 1.165) is 29.9 Å². The van der Waals surface area contributed by atoms with Crippen LogP contribution >= 0.6 is 23.2 Å². The Balaban J connectivity index is 1.67. The zero-order valence-electron chi connectivity index (χ0n) is 13.9. The summed E-state index contributed by atoms with van der Waals surface area (Å²) in [7, 11) is 0. The number of rotatable bonds is 5. The standard InChI is InChI=1S/C19H19Cl2N3O/c1-2-13-11-24(23-19(13)14-3-5-15(20)6-4-14)12-18(25)22-17-9-7-16(21)8-10-17/h3-10,13H,2,11-12H2,1H3,(H,22,25). The largest absolute Gasteiger partial charge is 0.324 e. The highest BCUT2D eigenvalue weighted by Gasteiger charge is 2.27. The van der Waals surface area contributed by atoms with Crippen LogP contribution in [0, 0.1) is 5.92 Å². The van der Waals surface area contributed by atoms with E-state index in [9.17, 15) is 4.79 Å². The van der Waals surface area contributed by atoms with Crippen LogP contribution in [0.5, 0.6) is 0 Å². The molecule has 2 aromatic rings. The highest BCUT2D eigenvalue weighted by Crippen LogP contribution is 2.23. The molecule has 2 aromatic carbocycles. The first kappa shape index (κ1) is 17.8. The molecule has 0 saturated heterocycles. The van der Waals surface area contributed by atoms with Gasteiger partial charge in [-0.1, -0.05) is 42.3 Å². The SMILES string of the molecule is CCC1CN(CC(=O)Nc2ccc(Cl)cc2)N=C1c1ccc(Cl)cc1. The summed E-state index contributed by atoms with van der Waals surface area (Å²) < 4.78 is 0. The van der Waals surface area contributed by atoms with Crippen LogP contribution in [0.1, 0.15) is 18.9 Å². The molecule has 25 heavy (non-hydrogen) atoms. The quantitative estimate of drug-likeness (QED) is 0.824. The molecule has 6 heteroatoms. The Morgan fingerprint density at radius 3 is 2.32 bits per heavy atom. The van der Waals surface area contributed by atoms with Gasteiger partial charge < -0.3 is 5.32 Å². The Morgan fingerprint density at radius 1 is 1.12 bits per heavy atom. The predicted molar refractivity (Wildman–Crippen MR) is 103 cm³/mol. The monoisotopic (exact) mass is 375 g/mol. The summed E-state index contributed by atoms with van der Waals surface area (Å²) in [5.74, 6) is 0.211. The Bertz CT molecular complexity index is 772. The van der Waals surface area contributed by atoms with Crippen molar-refractivity contribution >= 4 is 40.5 Å². The topological polar surface area (TPSA) is 44.7 Å². The van der Waals surface area contributed by atoms with Crippen LogP contribution in [0.25, 0.3) is 0 Å². The van der Waals surface area contributed by atoms with Gasteiger partial charge in [-0.2, -0.15) is 5.10 Å². The second kappa shape index (κ2) is 7.89. The molecule has 130 valence electrons. The van der Waals surface area contributed by atoms with Gasteiger partial charge in [0.05, 0.1) is 5.71 Å². The number of hydrogen-bond acceptors (Lipinski definition) is 3. The molecule has 1 unspecified atom stereocenters. The van der Waals surface area contributed by atoms with E-state index in [0.29, 0.717) is 16.0 Å². The third-order valence-corrected chi connectivity index (χ3v) is 4.66. The van der Waals surface area contributed by atoms with Crippen LogP contribution in [0.4, 0.5) is 5.69 Å². The number of hydrogen-bond donors (Lipinski definition) is 1. The average Bonchev–Trinajstić information content (AvgIpc) is 3.00. The van der Waals surface area contributed by atoms with Crippen molar-refractivity contribution in [2.75, 3.05) is 18.4 Å². The summed E-state index contributed by atoms with van der Waals surface area (Å²) in [5.41, 5.74) is 2.79. The minimum absolute atomic E-state index is 0.0988. The molecular formula is C19H19Cl2N3O. The average molecular weight is 376 g/mol. The Morgan fingerprint density at radius 2 is 1.72 bits per heavy atom. The van der Waals surface area contributed by atoms with E-state index in [1.807, 2.05) is 29.3 Å². The number of nitrogens with zero attached hydrogens (tertiary/aromatic N) is 2. The molecule has 0 aliphatic carbocycles. The number of anilines is 1. The van der Waals surface area contributed by atoms with E-state index in [2.05, 4.69) is 17.3 Å². The van der Waals surface area contributed by atoms with Gasteiger partial charge in [0.1, 0.15) is 6.54 Å². The van der Waals surface area contributed by atoms with Gasteiger partial charge in [-0.15, -0.1) is 0 Å². The summed E-state index contributed by atoms with van der Waals surface area (Å²) in [6, 6.07) is 14.7. The maximum Gasteiger partial charge on any atom is 0.245 e. The maximum atomic E-state index is 12.3. The number of nitrogens with one attached hydrogen (secondary N) is 1. The fourth-order valence-electron chi connectivity index (χ4n) is 2.85. The van der Waals surface area contributed by atoms with Crippen molar-refractivity contribution in [1.29, 1.82) is 0 Å². The lowest BCUT2D eigenvalue weighted by Gasteiger charge is -2.15. The molecule has 1 N–H and O–H groups in total. The van der Waals surface area contributed by atoms with Gasteiger partial charge in [-0.3, -0.25) is 9.80 Å². The normalized spacial score (nSPS) is 16.7.